The van der Waals surface area contributed by atoms with Crippen LogP contribution in [-0.4, -0.2) is 49.5 Å². The molecule has 11 heteroatoms. The van der Waals surface area contributed by atoms with Crippen molar-refractivity contribution in [1.29, 1.82) is 0 Å². The SMILES string of the molecule is CCOC(=O)c1cc(S(=O)(=O)N(CC(=O)OC)Cc2ccc(F)cc2)c(CBr)n1C. The Morgan fingerprint density at radius 2 is 1.87 bits per heavy atom. The number of hydrogen-bond donors (Lipinski definition) is 0. The van der Waals surface area contributed by atoms with Crippen molar-refractivity contribution < 1.29 is 31.9 Å². The van der Waals surface area contributed by atoms with Crippen molar-refractivity contribution in [2.75, 3.05) is 20.3 Å². The molecule has 0 aliphatic rings. The van der Waals surface area contributed by atoms with E-state index in [0.29, 0.717) is 11.3 Å². The molecule has 0 atom stereocenters. The van der Waals surface area contributed by atoms with Gasteiger partial charge in [0.2, 0.25) is 10.0 Å². The Morgan fingerprint density at radius 1 is 1.23 bits per heavy atom. The van der Waals surface area contributed by atoms with Crippen molar-refractivity contribution in [3.63, 3.8) is 0 Å². The number of ether oxygens (including phenoxy) is 2. The van der Waals surface area contributed by atoms with E-state index in [1.165, 1.54) is 34.9 Å². The second-order valence-corrected chi connectivity index (χ2v) is 8.70. The van der Waals surface area contributed by atoms with Gasteiger partial charge in [-0.05, 0) is 30.7 Å². The first-order valence-corrected chi connectivity index (χ1v) is 11.4. The third-order valence-corrected chi connectivity index (χ3v) is 6.73. The highest BCUT2D eigenvalue weighted by Crippen LogP contribution is 2.27. The number of sulfonamides is 1. The van der Waals surface area contributed by atoms with Crippen molar-refractivity contribution in [3.05, 3.63) is 53.1 Å². The van der Waals surface area contributed by atoms with Gasteiger partial charge in [0.15, 0.2) is 0 Å². The number of methoxy groups -OCH3 is 1. The fraction of sp³-hybridized carbons (Fsp3) is 0.368. The molecule has 0 spiro atoms. The minimum atomic E-state index is -4.23. The van der Waals surface area contributed by atoms with Crippen LogP contribution in [0.15, 0.2) is 35.2 Å². The van der Waals surface area contributed by atoms with Gasteiger partial charge in [-0.2, -0.15) is 4.31 Å². The Labute approximate surface area is 182 Å². The van der Waals surface area contributed by atoms with Crippen LogP contribution >= 0.6 is 15.9 Å². The van der Waals surface area contributed by atoms with Gasteiger partial charge in [0.05, 0.1) is 13.7 Å². The second-order valence-electron chi connectivity index (χ2n) is 6.23. The number of rotatable bonds is 9. The van der Waals surface area contributed by atoms with Crippen LogP contribution < -0.4 is 0 Å². The summed E-state index contributed by atoms with van der Waals surface area (Å²) in [6.07, 6.45) is 0. The summed E-state index contributed by atoms with van der Waals surface area (Å²) in [6.45, 7) is 1.03. The molecule has 0 aliphatic carbocycles. The van der Waals surface area contributed by atoms with Gasteiger partial charge in [-0.25, -0.2) is 17.6 Å². The summed E-state index contributed by atoms with van der Waals surface area (Å²) in [4.78, 5) is 24.0. The van der Waals surface area contributed by atoms with Gasteiger partial charge >= 0.3 is 11.9 Å². The van der Waals surface area contributed by atoms with Crippen molar-refractivity contribution in [2.24, 2.45) is 7.05 Å². The zero-order chi connectivity index (χ0) is 22.5. The molecule has 0 aliphatic heterocycles. The molecule has 1 heterocycles. The molecular formula is C19H22BrFN2O6S. The van der Waals surface area contributed by atoms with Gasteiger partial charge < -0.3 is 14.0 Å². The zero-order valence-electron chi connectivity index (χ0n) is 16.7. The predicted molar refractivity (Wildman–Crippen MR) is 110 cm³/mol. The van der Waals surface area contributed by atoms with Crippen LogP contribution in [0, 0.1) is 5.82 Å². The molecule has 0 unspecified atom stereocenters. The topological polar surface area (TPSA) is 94.9 Å². The maximum absolute atomic E-state index is 13.4. The van der Waals surface area contributed by atoms with Crippen LogP contribution in [0.25, 0.3) is 0 Å². The lowest BCUT2D eigenvalue weighted by Gasteiger charge is -2.21. The van der Waals surface area contributed by atoms with E-state index in [-0.39, 0.29) is 29.1 Å². The first-order chi connectivity index (χ1) is 14.1. The number of alkyl halides is 1. The molecule has 30 heavy (non-hydrogen) atoms. The lowest BCUT2D eigenvalue weighted by molar-refractivity contribution is -0.140. The molecule has 0 N–H and O–H groups in total. The van der Waals surface area contributed by atoms with Crippen molar-refractivity contribution in [2.45, 2.75) is 23.7 Å². The fourth-order valence-corrected chi connectivity index (χ4v) is 5.27. The molecule has 0 saturated heterocycles. The molecule has 164 valence electrons. The Kier molecular flexibility index (Phi) is 8.16. The fourth-order valence-electron chi connectivity index (χ4n) is 2.76. The minimum absolute atomic E-state index is 0.0599. The summed E-state index contributed by atoms with van der Waals surface area (Å²) in [7, 11) is -1.53. The summed E-state index contributed by atoms with van der Waals surface area (Å²) in [5, 5.41) is 0.139. The third kappa shape index (κ3) is 5.27. The zero-order valence-corrected chi connectivity index (χ0v) is 19.1. The first-order valence-electron chi connectivity index (χ1n) is 8.88. The number of hydrogen-bond acceptors (Lipinski definition) is 6. The van der Waals surface area contributed by atoms with E-state index >= 15 is 0 Å². The number of nitrogens with zero attached hydrogens (tertiary/aromatic N) is 2. The number of benzene rings is 1. The Hall–Kier alpha value is -2.24. The van der Waals surface area contributed by atoms with E-state index < -0.39 is 34.3 Å². The third-order valence-electron chi connectivity index (χ3n) is 4.35. The molecule has 2 rings (SSSR count). The monoisotopic (exact) mass is 504 g/mol. The van der Waals surface area contributed by atoms with E-state index in [4.69, 9.17) is 4.74 Å². The summed E-state index contributed by atoms with van der Waals surface area (Å²) < 4.78 is 52.1. The van der Waals surface area contributed by atoms with E-state index in [0.717, 1.165) is 11.4 Å². The average Bonchev–Trinajstić information content (AvgIpc) is 3.06. The molecule has 8 nitrogen and oxygen atoms in total. The maximum atomic E-state index is 13.4. The van der Waals surface area contributed by atoms with Crippen LogP contribution in [-0.2, 0) is 43.2 Å². The quantitative estimate of drug-likeness (QED) is 0.384. The van der Waals surface area contributed by atoms with Gasteiger partial charge in [0.25, 0.3) is 0 Å². The largest absolute Gasteiger partial charge is 0.468 e. The predicted octanol–water partition coefficient (Wildman–Crippen LogP) is 2.60. The lowest BCUT2D eigenvalue weighted by Crippen LogP contribution is -2.36. The molecular weight excluding hydrogens is 483 g/mol. The van der Waals surface area contributed by atoms with E-state index in [1.54, 1.807) is 14.0 Å². The highest BCUT2D eigenvalue weighted by Gasteiger charge is 2.33. The smallest absolute Gasteiger partial charge is 0.354 e. The van der Waals surface area contributed by atoms with Crippen LogP contribution in [0.4, 0.5) is 4.39 Å². The molecule has 1 aromatic heterocycles. The van der Waals surface area contributed by atoms with Gasteiger partial charge in [-0.15, -0.1) is 0 Å². The first kappa shape index (κ1) is 24.0. The minimum Gasteiger partial charge on any atom is -0.468 e. The number of halogens is 2. The normalized spacial score (nSPS) is 11.5. The molecule has 1 aromatic carbocycles. The highest BCUT2D eigenvalue weighted by atomic mass is 79.9. The van der Waals surface area contributed by atoms with Crippen LogP contribution in [0.1, 0.15) is 28.7 Å². The number of esters is 2. The lowest BCUT2D eigenvalue weighted by atomic mass is 10.2. The Morgan fingerprint density at radius 3 is 2.40 bits per heavy atom. The Balaban J connectivity index is 2.53. The van der Waals surface area contributed by atoms with Crippen LogP contribution in [0.3, 0.4) is 0 Å². The van der Waals surface area contributed by atoms with E-state index in [9.17, 15) is 22.4 Å². The molecule has 0 radical (unpaired) electrons. The van der Waals surface area contributed by atoms with Crippen LogP contribution in [0.2, 0.25) is 0 Å². The highest BCUT2D eigenvalue weighted by molar-refractivity contribution is 9.08. The van der Waals surface area contributed by atoms with Gasteiger partial charge in [0.1, 0.15) is 23.0 Å². The van der Waals surface area contributed by atoms with Gasteiger partial charge in [-0.1, -0.05) is 28.1 Å². The summed E-state index contributed by atoms with van der Waals surface area (Å²) in [5.74, 6) is -1.89. The van der Waals surface area contributed by atoms with Crippen molar-refractivity contribution in [1.82, 2.24) is 8.87 Å². The second kappa shape index (κ2) is 10.2. The summed E-state index contributed by atoms with van der Waals surface area (Å²) in [6, 6.07) is 6.47. The summed E-state index contributed by atoms with van der Waals surface area (Å²) >= 11 is 3.25. The molecule has 0 bridgehead atoms. The average molecular weight is 505 g/mol. The molecule has 0 fully saturated rings. The van der Waals surface area contributed by atoms with Crippen molar-refractivity contribution in [3.8, 4) is 0 Å². The number of carbonyl (C=O) groups excluding carboxylic acids is 2. The van der Waals surface area contributed by atoms with Crippen LogP contribution in [0.5, 0.6) is 0 Å². The Bertz CT molecular complexity index is 1020. The van der Waals surface area contributed by atoms with E-state index in [1.807, 2.05) is 0 Å². The van der Waals surface area contributed by atoms with E-state index in [2.05, 4.69) is 20.7 Å². The standard InChI is InChI=1S/C19H22BrFN2O6S/c1-4-29-19(25)15-9-17(16(10-20)22(15)2)30(26,27)23(12-18(24)28-3)11-13-5-7-14(21)8-6-13/h5-9H,4,10-12H2,1-3H3. The van der Waals surface area contributed by atoms with Gasteiger partial charge in [-0.3, -0.25) is 4.79 Å². The summed E-state index contributed by atoms with van der Waals surface area (Å²) in [5.41, 5.74) is 0.850. The molecule has 0 amide bonds. The molecule has 0 saturated carbocycles. The van der Waals surface area contributed by atoms with Gasteiger partial charge in [0, 0.05) is 24.6 Å². The maximum Gasteiger partial charge on any atom is 0.354 e. The van der Waals surface area contributed by atoms with Crippen molar-refractivity contribution >= 4 is 37.9 Å². The number of carbonyl (C=O) groups is 2. The number of aromatic nitrogens is 1. The molecule has 2 aromatic rings.